The maximum absolute atomic E-state index is 12.8. The number of rotatable bonds is 2. The number of hydrogen-bond donors (Lipinski definition) is 0. The highest BCUT2D eigenvalue weighted by atomic mass is 19.1. The van der Waals surface area contributed by atoms with E-state index >= 15 is 0 Å². The summed E-state index contributed by atoms with van der Waals surface area (Å²) < 4.78 is 14.6. The van der Waals surface area contributed by atoms with Crippen LogP contribution in [0.4, 0.5) is 4.39 Å². The van der Waals surface area contributed by atoms with Gasteiger partial charge in [-0.25, -0.2) is 9.37 Å². The van der Waals surface area contributed by atoms with Crippen LogP contribution in [-0.2, 0) is 6.54 Å². The van der Waals surface area contributed by atoms with Gasteiger partial charge in [0.15, 0.2) is 0 Å². The maximum Gasteiger partial charge on any atom is 0.123 e. The van der Waals surface area contributed by atoms with Crippen LogP contribution in [0.5, 0.6) is 0 Å². The molecule has 2 aromatic rings. The average molecular weight is 175 g/mol. The van der Waals surface area contributed by atoms with Crippen molar-refractivity contribution >= 4 is 0 Å². The molecule has 0 saturated heterocycles. The Balaban J connectivity index is 2.19. The van der Waals surface area contributed by atoms with Gasteiger partial charge < -0.3 is 4.57 Å². The van der Waals surface area contributed by atoms with Crippen molar-refractivity contribution in [1.82, 2.24) is 9.55 Å². The third-order valence-electron chi connectivity index (χ3n) is 1.74. The second-order valence-electron chi connectivity index (χ2n) is 2.77. The topological polar surface area (TPSA) is 17.8 Å². The first-order valence-corrected chi connectivity index (χ1v) is 3.96. The third kappa shape index (κ3) is 1.93. The van der Waals surface area contributed by atoms with Crippen LogP contribution >= 0.6 is 0 Å². The summed E-state index contributed by atoms with van der Waals surface area (Å²) in [5, 5.41) is 0. The fourth-order valence-electron chi connectivity index (χ4n) is 1.15. The molecule has 0 atom stereocenters. The van der Waals surface area contributed by atoms with E-state index in [9.17, 15) is 4.39 Å². The largest absolute Gasteiger partial charge is 0.333 e. The van der Waals surface area contributed by atoms with Gasteiger partial charge in [-0.15, -0.1) is 0 Å². The highest BCUT2D eigenvalue weighted by Gasteiger charge is 1.95. The first-order valence-electron chi connectivity index (χ1n) is 3.96. The van der Waals surface area contributed by atoms with Gasteiger partial charge in [-0.05, 0) is 23.8 Å². The van der Waals surface area contributed by atoms with Crippen molar-refractivity contribution in [2.24, 2.45) is 0 Å². The normalized spacial score (nSPS) is 10.2. The lowest BCUT2D eigenvalue weighted by Gasteiger charge is -2.00. The lowest BCUT2D eigenvalue weighted by atomic mass is 10.2. The molecule has 0 aliphatic heterocycles. The molecular formula is C10H8FN2. The van der Waals surface area contributed by atoms with Gasteiger partial charge in [0, 0.05) is 18.9 Å². The van der Waals surface area contributed by atoms with Crippen LogP contribution in [0.25, 0.3) is 0 Å². The minimum absolute atomic E-state index is 0.228. The number of halogens is 1. The molecule has 13 heavy (non-hydrogen) atoms. The van der Waals surface area contributed by atoms with E-state index < -0.39 is 0 Å². The van der Waals surface area contributed by atoms with Crippen molar-refractivity contribution in [3.8, 4) is 0 Å². The van der Waals surface area contributed by atoms with Gasteiger partial charge in [0.25, 0.3) is 0 Å². The summed E-state index contributed by atoms with van der Waals surface area (Å²) in [7, 11) is 0. The zero-order chi connectivity index (χ0) is 9.10. The fourth-order valence-corrected chi connectivity index (χ4v) is 1.15. The molecule has 0 aliphatic carbocycles. The summed E-state index contributed by atoms with van der Waals surface area (Å²) in [6, 6.07) is 7.40. The van der Waals surface area contributed by atoms with Crippen LogP contribution in [-0.4, -0.2) is 9.55 Å². The van der Waals surface area contributed by atoms with Crippen molar-refractivity contribution in [2.45, 2.75) is 6.54 Å². The van der Waals surface area contributed by atoms with Gasteiger partial charge in [-0.1, -0.05) is 6.07 Å². The molecule has 1 aromatic carbocycles. The van der Waals surface area contributed by atoms with Gasteiger partial charge in [0.1, 0.15) is 5.82 Å². The fraction of sp³-hybridized carbons (Fsp3) is 0.100. The predicted octanol–water partition coefficient (Wildman–Crippen LogP) is 1.87. The van der Waals surface area contributed by atoms with Gasteiger partial charge in [0.2, 0.25) is 0 Å². The number of nitrogens with zero attached hydrogens (tertiary/aromatic N) is 2. The van der Waals surface area contributed by atoms with Gasteiger partial charge in [-0.2, -0.15) is 0 Å². The van der Waals surface area contributed by atoms with E-state index in [2.05, 4.69) is 11.1 Å². The lowest BCUT2D eigenvalue weighted by Crippen LogP contribution is -1.96. The van der Waals surface area contributed by atoms with E-state index in [1.165, 1.54) is 12.1 Å². The number of hydrogen-bond acceptors (Lipinski definition) is 1. The molecule has 0 fully saturated rings. The Bertz CT molecular complexity index is 382. The summed E-state index contributed by atoms with van der Waals surface area (Å²) in [5.74, 6) is -0.228. The van der Waals surface area contributed by atoms with Crippen LogP contribution in [0.15, 0.2) is 36.9 Å². The molecule has 2 rings (SSSR count). The standard InChI is InChI=1S/C10H8FN2/c11-10-3-1-2-9(6-10)7-13-5-4-12-8-13/h1,3-6,8H,7H2. The SMILES string of the molecule is Fc1cc[c]c(Cn2ccnc2)c1. The molecule has 0 spiro atoms. The molecule has 1 aromatic heterocycles. The van der Waals surface area contributed by atoms with Crippen molar-refractivity contribution in [1.29, 1.82) is 0 Å². The second kappa shape index (κ2) is 3.39. The van der Waals surface area contributed by atoms with Crippen molar-refractivity contribution < 1.29 is 4.39 Å². The molecule has 65 valence electrons. The zero-order valence-corrected chi connectivity index (χ0v) is 6.94. The molecule has 0 aliphatic rings. The molecule has 0 saturated carbocycles. The van der Waals surface area contributed by atoms with Crippen LogP contribution in [0.3, 0.4) is 0 Å². The zero-order valence-electron chi connectivity index (χ0n) is 6.94. The van der Waals surface area contributed by atoms with E-state index in [0.717, 1.165) is 5.56 Å². The Morgan fingerprint density at radius 2 is 2.46 bits per heavy atom. The van der Waals surface area contributed by atoms with Crippen LogP contribution in [0, 0.1) is 11.9 Å². The summed E-state index contributed by atoms with van der Waals surface area (Å²) in [5.41, 5.74) is 0.818. The second-order valence-corrected chi connectivity index (χ2v) is 2.77. The van der Waals surface area contributed by atoms with E-state index in [4.69, 9.17) is 0 Å². The Kier molecular flexibility index (Phi) is 2.08. The molecule has 0 N–H and O–H groups in total. The van der Waals surface area contributed by atoms with Crippen LogP contribution < -0.4 is 0 Å². The van der Waals surface area contributed by atoms with E-state index in [-0.39, 0.29) is 5.82 Å². The Labute approximate surface area is 75.7 Å². The van der Waals surface area contributed by atoms with Gasteiger partial charge >= 0.3 is 0 Å². The average Bonchev–Trinajstić information content (AvgIpc) is 2.57. The van der Waals surface area contributed by atoms with E-state index in [1.54, 1.807) is 18.6 Å². The molecule has 1 heterocycles. The summed E-state index contributed by atoms with van der Waals surface area (Å²) in [6.45, 7) is 0.609. The highest BCUT2D eigenvalue weighted by Crippen LogP contribution is 2.04. The Morgan fingerprint density at radius 3 is 3.15 bits per heavy atom. The quantitative estimate of drug-likeness (QED) is 0.681. The van der Waals surface area contributed by atoms with E-state index in [0.29, 0.717) is 6.54 Å². The summed E-state index contributed by atoms with van der Waals surface area (Å²) in [4.78, 5) is 3.90. The Morgan fingerprint density at radius 1 is 1.54 bits per heavy atom. The summed E-state index contributed by atoms with van der Waals surface area (Å²) in [6.07, 6.45) is 5.22. The van der Waals surface area contributed by atoms with Crippen LogP contribution in [0.2, 0.25) is 0 Å². The predicted molar refractivity (Wildman–Crippen MR) is 46.6 cm³/mol. The number of imidazole rings is 1. The van der Waals surface area contributed by atoms with E-state index in [1.807, 2.05) is 10.8 Å². The minimum atomic E-state index is -0.228. The van der Waals surface area contributed by atoms with Crippen molar-refractivity contribution in [3.05, 3.63) is 54.4 Å². The Hall–Kier alpha value is -1.64. The molecular weight excluding hydrogens is 167 g/mol. The highest BCUT2D eigenvalue weighted by molar-refractivity contribution is 5.15. The maximum atomic E-state index is 12.8. The number of aromatic nitrogens is 2. The summed E-state index contributed by atoms with van der Waals surface area (Å²) >= 11 is 0. The molecule has 0 amide bonds. The molecule has 1 radical (unpaired) electrons. The van der Waals surface area contributed by atoms with Gasteiger partial charge in [0.05, 0.1) is 6.33 Å². The molecule has 0 unspecified atom stereocenters. The van der Waals surface area contributed by atoms with Gasteiger partial charge in [-0.3, -0.25) is 0 Å². The molecule has 3 heteroatoms. The third-order valence-corrected chi connectivity index (χ3v) is 1.74. The first kappa shape index (κ1) is 7.98. The lowest BCUT2D eigenvalue weighted by molar-refractivity contribution is 0.623. The monoisotopic (exact) mass is 175 g/mol. The molecule has 2 nitrogen and oxygen atoms in total. The first-order chi connectivity index (χ1) is 6.34. The van der Waals surface area contributed by atoms with Crippen molar-refractivity contribution in [3.63, 3.8) is 0 Å². The number of benzene rings is 1. The van der Waals surface area contributed by atoms with Crippen LogP contribution in [0.1, 0.15) is 5.56 Å². The minimum Gasteiger partial charge on any atom is -0.333 e. The molecule has 0 bridgehead atoms. The van der Waals surface area contributed by atoms with Crippen molar-refractivity contribution in [2.75, 3.05) is 0 Å². The smallest absolute Gasteiger partial charge is 0.123 e.